The molecule has 0 radical (unpaired) electrons. The Morgan fingerprint density at radius 1 is 1.02 bits per heavy atom. The van der Waals surface area contributed by atoms with Gasteiger partial charge in [-0.25, -0.2) is 9.59 Å². The van der Waals surface area contributed by atoms with Crippen molar-refractivity contribution in [3.05, 3.63) is 47.5 Å². The highest BCUT2D eigenvalue weighted by Gasteiger charge is 2.31. The van der Waals surface area contributed by atoms with Crippen LogP contribution < -0.4 is 26.6 Å². The first-order valence-corrected chi connectivity index (χ1v) is 14.2. The van der Waals surface area contributed by atoms with Crippen LogP contribution in [0.3, 0.4) is 0 Å². The smallest absolute Gasteiger partial charge is 0.328 e. The number of rotatable bonds is 9. The number of nitrogens with one attached hydrogen (secondary N) is 5. The van der Waals surface area contributed by atoms with E-state index in [0.717, 1.165) is 11.1 Å². The van der Waals surface area contributed by atoms with Crippen LogP contribution in [0.15, 0.2) is 36.4 Å². The first-order valence-electron chi connectivity index (χ1n) is 14.2. The van der Waals surface area contributed by atoms with Gasteiger partial charge in [0, 0.05) is 12.6 Å². The number of hydrogen-bond donors (Lipinski definition) is 5. The average Bonchev–Trinajstić information content (AvgIpc) is 2.90. The maximum atomic E-state index is 13.4. The SMILES string of the molecule is COC(=O)[C@@H](NC(=O)N[C@H](C(=O)N[C@H]1CCCCNC(=O)C=C[C@H](Cc2cccc(C)c2)NC1=O)C(C)C)C(C)C. The van der Waals surface area contributed by atoms with Gasteiger partial charge >= 0.3 is 12.0 Å². The molecule has 1 aliphatic heterocycles. The molecule has 1 aromatic rings. The molecule has 0 fully saturated rings. The molecule has 1 aliphatic rings. The lowest BCUT2D eigenvalue weighted by Crippen LogP contribution is -2.59. The van der Waals surface area contributed by atoms with Gasteiger partial charge in [0.1, 0.15) is 18.1 Å². The number of ether oxygens (including phenoxy) is 1. The third-order valence-electron chi connectivity index (χ3n) is 6.84. The zero-order valence-corrected chi connectivity index (χ0v) is 24.9. The highest BCUT2D eigenvalue weighted by Crippen LogP contribution is 2.11. The van der Waals surface area contributed by atoms with Crippen molar-refractivity contribution < 1.29 is 28.7 Å². The number of urea groups is 1. The molecule has 0 unspecified atom stereocenters. The van der Waals surface area contributed by atoms with Crippen molar-refractivity contribution >= 4 is 29.7 Å². The first kappa shape index (κ1) is 33.3. The van der Waals surface area contributed by atoms with Crippen molar-refractivity contribution in [1.29, 1.82) is 0 Å². The van der Waals surface area contributed by atoms with Crippen LogP contribution in [0.4, 0.5) is 4.79 Å². The fraction of sp³-hybridized carbons (Fsp3) is 0.567. The Hall–Kier alpha value is -3.89. The maximum Gasteiger partial charge on any atom is 0.328 e. The molecule has 4 atom stereocenters. The zero-order valence-electron chi connectivity index (χ0n) is 24.9. The van der Waals surface area contributed by atoms with Crippen LogP contribution in [0.2, 0.25) is 0 Å². The lowest BCUT2D eigenvalue weighted by atomic mass is 10.0. The first-order chi connectivity index (χ1) is 19.4. The Morgan fingerprint density at radius 2 is 1.71 bits per heavy atom. The summed E-state index contributed by atoms with van der Waals surface area (Å²) in [5.74, 6) is -2.24. The summed E-state index contributed by atoms with van der Waals surface area (Å²) >= 11 is 0. The van der Waals surface area contributed by atoms with Crippen molar-refractivity contribution in [3.8, 4) is 0 Å². The fourth-order valence-corrected chi connectivity index (χ4v) is 4.51. The quantitative estimate of drug-likeness (QED) is 0.285. The van der Waals surface area contributed by atoms with Gasteiger partial charge in [-0.15, -0.1) is 0 Å². The van der Waals surface area contributed by atoms with Crippen LogP contribution in [-0.4, -0.2) is 67.5 Å². The summed E-state index contributed by atoms with van der Waals surface area (Å²) in [6, 6.07) is 4.02. The second kappa shape index (κ2) is 16.4. The van der Waals surface area contributed by atoms with E-state index in [-0.39, 0.29) is 23.7 Å². The van der Waals surface area contributed by atoms with Gasteiger partial charge in [0.2, 0.25) is 17.7 Å². The maximum absolute atomic E-state index is 13.4. The Labute approximate surface area is 242 Å². The third-order valence-corrected chi connectivity index (χ3v) is 6.84. The number of benzene rings is 1. The van der Waals surface area contributed by atoms with E-state index >= 15 is 0 Å². The highest BCUT2D eigenvalue weighted by atomic mass is 16.5. The van der Waals surface area contributed by atoms with Gasteiger partial charge in [0.15, 0.2) is 0 Å². The Balaban J connectivity index is 2.18. The largest absolute Gasteiger partial charge is 0.467 e. The molecule has 2 rings (SSSR count). The molecule has 11 heteroatoms. The fourth-order valence-electron chi connectivity index (χ4n) is 4.51. The van der Waals surface area contributed by atoms with Crippen molar-refractivity contribution in [2.75, 3.05) is 13.7 Å². The van der Waals surface area contributed by atoms with Gasteiger partial charge in [-0.1, -0.05) is 63.6 Å². The van der Waals surface area contributed by atoms with E-state index < -0.39 is 42.1 Å². The monoisotopic (exact) mass is 571 g/mol. The second-order valence-corrected chi connectivity index (χ2v) is 11.1. The molecule has 1 heterocycles. The number of amides is 5. The van der Waals surface area contributed by atoms with E-state index in [1.54, 1.807) is 33.8 Å². The van der Waals surface area contributed by atoms with Crippen LogP contribution in [0.25, 0.3) is 0 Å². The van der Waals surface area contributed by atoms with Crippen molar-refractivity contribution in [1.82, 2.24) is 26.6 Å². The van der Waals surface area contributed by atoms with Gasteiger partial charge in [-0.3, -0.25) is 14.4 Å². The predicted octanol–water partition coefficient (Wildman–Crippen LogP) is 1.88. The van der Waals surface area contributed by atoms with E-state index in [9.17, 15) is 24.0 Å². The number of methoxy groups -OCH3 is 1. The number of esters is 1. The third kappa shape index (κ3) is 11.3. The Bertz CT molecular complexity index is 1100. The highest BCUT2D eigenvalue weighted by molar-refractivity contribution is 5.93. The summed E-state index contributed by atoms with van der Waals surface area (Å²) in [6.45, 7) is 9.51. The number of aryl methyl sites for hydroxylation is 1. The van der Waals surface area contributed by atoms with Crippen LogP contribution in [0, 0.1) is 18.8 Å². The van der Waals surface area contributed by atoms with Gasteiger partial charge in [0.25, 0.3) is 0 Å². The molecule has 0 bridgehead atoms. The second-order valence-electron chi connectivity index (χ2n) is 11.1. The standard InChI is InChI=1S/C30H45N5O6/c1-18(2)25(34-30(40)35-26(19(3)4)29(39)41-6)28(38)33-23-12-7-8-15-31-24(36)14-13-22(32-27(23)37)17-21-11-9-10-20(5)16-21/h9-11,13-14,16,18-19,22-23,25-26H,7-8,12,15,17H2,1-6H3,(H,31,36)(H,32,37)(H,33,38)(H2,34,35,40)/t22-,23+,25+,26+/m1/s1. The molecule has 0 saturated carbocycles. The van der Waals surface area contributed by atoms with E-state index in [0.29, 0.717) is 32.2 Å². The molecule has 41 heavy (non-hydrogen) atoms. The van der Waals surface area contributed by atoms with E-state index in [1.165, 1.54) is 13.2 Å². The van der Waals surface area contributed by atoms with Crippen LogP contribution >= 0.6 is 0 Å². The van der Waals surface area contributed by atoms with Crippen molar-refractivity contribution in [3.63, 3.8) is 0 Å². The Kier molecular flexibility index (Phi) is 13.3. The molecule has 0 spiro atoms. The van der Waals surface area contributed by atoms with Crippen LogP contribution in [0.5, 0.6) is 0 Å². The minimum Gasteiger partial charge on any atom is -0.467 e. The zero-order chi connectivity index (χ0) is 30.5. The number of carbonyl (C=O) groups excluding carboxylic acids is 5. The molecular formula is C30H45N5O6. The topological polar surface area (TPSA) is 155 Å². The van der Waals surface area contributed by atoms with Crippen molar-refractivity contribution in [2.45, 2.75) is 84.5 Å². The van der Waals surface area contributed by atoms with E-state index in [4.69, 9.17) is 4.74 Å². The van der Waals surface area contributed by atoms with Gasteiger partial charge < -0.3 is 31.3 Å². The number of hydrogen-bond acceptors (Lipinski definition) is 6. The predicted molar refractivity (Wildman–Crippen MR) is 156 cm³/mol. The summed E-state index contributed by atoms with van der Waals surface area (Å²) in [4.78, 5) is 63.8. The molecule has 0 aromatic heterocycles. The van der Waals surface area contributed by atoms with Crippen LogP contribution in [-0.2, 0) is 30.3 Å². The van der Waals surface area contributed by atoms with E-state index in [2.05, 4.69) is 26.6 Å². The number of carbonyl (C=O) groups is 5. The summed E-state index contributed by atoms with van der Waals surface area (Å²) in [7, 11) is 1.24. The minimum absolute atomic E-state index is 0.227. The molecule has 5 N–H and O–H groups in total. The Morgan fingerprint density at radius 3 is 2.34 bits per heavy atom. The summed E-state index contributed by atoms with van der Waals surface area (Å²) in [5, 5.41) is 13.9. The summed E-state index contributed by atoms with van der Waals surface area (Å²) in [5.41, 5.74) is 2.08. The lowest BCUT2D eigenvalue weighted by molar-refractivity contribution is -0.144. The average molecular weight is 572 g/mol. The normalized spacial score (nSPS) is 19.6. The summed E-state index contributed by atoms with van der Waals surface area (Å²) in [6.07, 6.45) is 5.11. The minimum atomic E-state index is -0.961. The molecule has 1 aromatic carbocycles. The molecule has 5 amide bonds. The molecule has 0 saturated heterocycles. The molecule has 0 aliphatic carbocycles. The molecule has 226 valence electrons. The van der Waals surface area contributed by atoms with E-state index in [1.807, 2.05) is 31.2 Å². The van der Waals surface area contributed by atoms with Gasteiger partial charge in [-0.05, 0) is 50.0 Å². The lowest BCUT2D eigenvalue weighted by Gasteiger charge is -2.27. The van der Waals surface area contributed by atoms with Crippen LogP contribution in [0.1, 0.15) is 58.1 Å². The molecule has 11 nitrogen and oxygen atoms in total. The van der Waals surface area contributed by atoms with Crippen molar-refractivity contribution in [2.24, 2.45) is 11.8 Å². The molecular weight excluding hydrogens is 526 g/mol. The van der Waals surface area contributed by atoms with Gasteiger partial charge in [0.05, 0.1) is 13.2 Å². The summed E-state index contributed by atoms with van der Waals surface area (Å²) < 4.78 is 4.77. The van der Waals surface area contributed by atoms with Gasteiger partial charge in [-0.2, -0.15) is 0 Å².